The van der Waals surface area contributed by atoms with E-state index < -0.39 is 20.7 Å². The summed E-state index contributed by atoms with van der Waals surface area (Å²) in [5.74, 6) is 0. The number of carboxylic acid groups (broad SMARTS) is 1. The Balaban J connectivity index is 4.77. The van der Waals surface area contributed by atoms with Crippen LogP contribution in [0.3, 0.4) is 0 Å². The molecule has 14 heavy (non-hydrogen) atoms. The minimum Gasteiger partial charge on any atom is -0.464 e. The van der Waals surface area contributed by atoms with Crippen molar-refractivity contribution in [1.82, 2.24) is 5.01 Å². The van der Waals surface area contributed by atoms with Gasteiger partial charge in [0.2, 0.25) is 0 Å². The first kappa shape index (κ1) is 12.9. The Hall–Kier alpha value is -1.11. The van der Waals surface area contributed by atoms with Crippen LogP contribution in [0, 0.1) is 0 Å². The fraction of sp³-hybridized carbons (Fsp3) is 0.714. The van der Waals surface area contributed by atoms with Gasteiger partial charge in [-0.05, 0) is 13.8 Å². The Morgan fingerprint density at radius 3 is 2.21 bits per heavy atom. The lowest BCUT2D eigenvalue weighted by molar-refractivity contribution is 0.157. The zero-order valence-electron chi connectivity index (χ0n) is 8.55. The molecule has 7 heteroatoms. The van der Waals surface area contributed by atoms with Crippen LogP contribution in [-0.4, -0.2) is 48.9 Å². The summed E-state index contributed by atoms with van der Waals surface area (Å²) < 4.78 is 21.2. The summed E-state index contributed by atoms with van der Waals surface area (Å²) in [5, 5.41) is 12.6. The number of hydrogen-bond acceptors (Lipinski definition) is 4. The predicted molar refractivity (Wildman–Crippen MR) is 53.2 cm³/mol. The van der Waals surface area contributed by atoms with Crippen molar-refractivity contribution in [1.29, 1.82) is 0 Å². The van der Waals surface area contributed by atoms with E-state index in [1.165, 1.54) is 20.9 Å². The lowest BCUT2D eigenvalue weighted by Gasteiger charge is -2.17. The third-order valence-corrected chi connectivity index (χ3v) is 3.79. The van der Waals surface area contributed by atoms with E-state index in [-0.39, 0.29) is 0 Å². The number of rotatable bonds is 3. The van der Waals surface area contributed by atoms with Crippen LogP contribution >= 0.6 is 0 Å². The molecule has 0 saturated heterocycles. The van der Waals surface area contributed by atoms with Gasteiger partial charge in [-0.2, -0.15) is 5.10 Å². The number of amides is 1. The topological polar surface area (TPSA) is 87.0 Å². The molecule has 0 saturated carbocycles. The Bertz CT molecular complexity index is 345. The smallest absolute Gasteiger partial charge is 0.427 e. The summed E-state index contributed by atoms with van der Waals surface area (Å²) in [5.41, 5.74) is 0. The zero-order valence-corrected chi connectivity index (χ0v) is 9.37. The van der Waals surface area contributed by atoms with Gasteiger partial charge in [0, 0.05) is 19.5 Å². The average Bonchev–Trinajstić information content (AvgIpc) is 1.97. The number of hydrogen-bond donors (Lipinski definition) is 1. The summed E-state index contributed by atoms with van der Waals surface area (Å²) in [6, 6.07) is 0. The second-order valence-electron chi connectivity index (χ2n) is 3.43. The number of carbonyl (C=O) groups is 1. The summed E-state index contributed by atoms with van der Waals surface area (Å²) in [4.78, 5) is 10.3. The van der Waals surface area contributed by atoms with Crippen molar-refractivity contribution in [3.63, 3.8) is 0 Å². The Labute approximate surface area is 83.1 Å². The normalized spacial score (nSPS) is 13.1. The van der Waals surface area contributed by atoms with E-state index in [1.54, 1.807) is 0 Å². The second kappa shape index (κ2) is 3.95. The second-order valence-corrected chi connectivity index (χ2v) is 6.02. The summed E-state index contributed by atoms with van der Waals surface area (Å²) >= 11 is 0. The average molecular weight is 222 g/mol. The Kier molecular flexibility index (Phi) is 3.64. The van der Waals surface area contributed by atoms with Crippen LogP contribution in [0.4, 0.5) is 4.79 Å². The molecule has 0 fully saturated rings. The van der Waals surface area contributed by atoms with Gasteiger partial charge in [0.25, 0.3) is 0 Å². The first-order valence-electron chi connectivity index (χ1n) is 3.79. The van der Waals surface area contributed by atoms with Crippen LogP contribution in [0.15, 0.2) is 5.10 Å². The fourth-order valence-electron chi connectivity index (χ4n) is 0.371. The first-order chi connectivity index (χ1) is 6.08. The lowest BCUT2D eigenvalue weighted by atomic mass is 10.2. The van der Waals surface area contributed by atoms with Crippen LogP contribution in [0.5, 0.6) is 0 Å². The highest BCUT2D eigenvalue weighted by atomic mass is 32.2. The lowest BCUT2D eigenvalue weighted by Crippen LogP contribution is -2.34. The molecule has 1 amide bonds. The van der Waals surface area contributed by atoms with E-state index >= 15 is 0 Å². The molecular formula is C7H14N2O4S. The van der Waals surface area contributed by atoms with Crippen molar-refractivity contribution in [3.05, 3.63) is 0 Å². The van der Waals surface area contributed by atoms with Crippen molar-refractivity contribution >= 4 is 22.1 Å². The quantitative estimate of drug-likeness (QED) is 0.553. The maximum Gasteiger partial charge on any atom is 0.427 e. The van der Waals surface area contributed by atoms with Gasteiger partial charge in [0.1, 0.15) is 4.75 Å². The molecule has 1 N–H and O–H groups in total. The maximum absolute atomic E-state index is 11.2. The molecule has 0 aliphatic rings. The van der Waals surface area contributed by atoms with Crippen molar-refractivity contribution in [3.8, 4) is 0 Å². The van der Waals surface area contributed by atoms with Gasteiger partial charge in [-0.3, -0.25) is 0 Å². The molecule has 0 aliphatic heterocycles. The molecule has 6 nitrogen and oxygen atoms in total. The maximum atomic E-state index is 11.2. The van der Waals surface area contributed by atoms with E-state index in [4.69, 9.17) is 5.11 Å². The Morgan fingerprint density at radius 2 is 1.93 bits per heavy atom. The molecule has 0 aromatic rings. The SMILES string of the molecule is CN(/N=C/C(C)(C)S(C)(=O)=O)C(=O)O. The highest BCUT2D eigenvalue weighted by Gasteiger charge is 2.28. The molecule has 0 unspecified atom stereocenters. The number of nitrogens with zero attached hydrogens (tertiary/aromatic N) is 2. The van der Waals surface area contributed by atoms with Gasteiger partial charge in [-0.1, -0.05) is 0 Å². The van der Waals surface area contributed by atoms with Gasteiger partial charge >= 0.3 is 6.09 Å². The molecule has 0 rings (SSSR count). The van der Waals surface area contributed by atoms with E-state index in [1.807, 2.05) is 0 Å². The van der Waals surface area contributed by atoms with Crippen LogP contribution in [0.1, 0.15) is 13.8 Å². The highest BCUT2D eigenvalue weighted by molar-refractivity contribution is 7.92. The van der Waals surface area contributed by atoms with Gasteiger partial charge < -0.3 is 5.11 Å². The molecule has 0 aromatic carbocycles. The standard InChI is InChI=1S/C7H14N2O4S/c1-7(2,14(4,12)13)5-8-9(3)6(10)11/h5H,1-4H3,(H,10,11)/b8-5+. The fourth-order valence-corrected chi connectivity index (χ4v) is 0.609. The molecule has 0 spiro atoms. The number of sulfone groups is 1. The third kappa shape index (κ3) is 3.33. The summed E-state index contributed by atoms with van der Waals surface area (Å²) in [6.07, 6.45) is 0.918. The van der Waals surface area contributed by atoms with Crippen molar-refractivity contribution in [2.45, 2.75) is 18.6 Å². The minimum atomic E-state index is -3.29. The van der Waals surface area contributed by atoms with Crippen LogP contribution in [0.25, 0.3) is 0 Å². The molecule has 0 atom stereocenters. The molecule has 0 aromatic heterocycles. The first-order valence-corrected chi connectivity index (χ1v) is 5.68. The van der Waals surface area contributed by atoms with E-state index in [9.17, 15) is 13.2 Å². The van der Waals surface area contributed by atoms with Crippen molar-refractivity contribution < 1.29 is 18.3 Å². The van der Waals surface area contributed by atoms with E-state index in [0.717, 1.165) is 12.5 Å². The molecule has 0 radical (unpaired) electrons. The summed E-state index contributed by atoms with van der Waals surface area (Å²) in [7, 11) is -2.07. The zero-order chi connectivity index (χ0) is 11.6. The molecule has 82 valence electrons. The monoisotopic (exact) mass is 222 g/mol. The van der Waals surface area contributed by atoms with Crippen LogP contribution in [-0.2, 0) is 9.84 Å². The van der Waals surface area contributed by atoms with Crippen LogP contribution in [0.2, 0.25) is 0 Å². The summed E-state index contributed by atoms with van der Waals surface area (Å²) in [6.45, 7) is 2.89. The minimum absolute atomic E-state index is 0.646. The molecule has 0 aliphatic carbocycles. The van der Waals surface area contributed by atoms with Crippen molar-refractivity contribution in [2.75, 3.05) is 13.3 Å². The van der Waals surface area contributed by atoms with Gasteiger partial charge in [0.15, 0.2) is 9.84 Å². The van der Waals surface area contributed by atoms with Gasteiger partial charge in [-0.25, -0.2) is 18.2 Å². The predicted octanol–water partition coefficient (Wildman–Crippen LogP) is 0.405. The van der Waals surface area contributed by atoms with E-state index in [2.05, 4.69) is 5.10 Å². The van der Waals surface area contributed by atoms with Gasteiger partial charge in [-0.15, -0.1) is 0 Å². The number of hydrazone groups is 1. The largest absolute Gasteiger partial charge is 0.464 e. The van der Waals surface area contributed by atoms with Crippen LogP contribution < -0.4 is 0 Å². The third-order valence-electron chi connectivity index (χ3n) is 1.77. The van der Waals surface area contributed by atoms with E-state index in [0.29, 0.717) is 5.01 Å². The molecule has 0 bridgehead atoms. The van der Waals surface area contributed by atoms with Crippen molar-refractivity contribution in [2.24, 2.45) is 5.10 Å². The molecule has 0 heterocycles. The molecular weight excluding hydrogens is 208 g/mol. The van der Waals surface area contributed by atoms with Gasteiger partial charge in [0.05, 0.1) is 0 Å². The Morgan fingerprint density at radius 1 is 1.50 bits per heavy atom. The highest BCUT2D eigenvalue weighted by Crippen LogP contribution is 2.11.